The predicted molar refractivity (Wildman–Crippen MR) is 93.9 cm³/mol. The Morgan fingerprint density at radius 3 is 2.45 bits per heavy atom. The zero-order chi connectivity index (χ0) is 15.9. The number of nitrogens with zero attached hydrogens (tertiary/aromatic N) is 2. The molecule has 0 radical (unpaired) electrons. The van der Waals surface area contributed by atoms with E-state index in [1.165, 1.54) is 11.3 Å². The quantitative estimate of drug-likeness (QED) is 0.838. The molecule has 0 bridgehead atoms. The number of rotatable bonds is 7. The fraction of sp³-hybridized carbons (Fsp3) is 0.667. The molecule has 1 aromatic carbocycles. The first-order chi connectivity index (χ1) is 10.6. The average molecular weight is 305 g/mol. The average Bonchev–Trinajstić information content (AvgIpc) is 2.53. The standard InChI is InChI=1S/C18H31N3O/c1-5-20-9-11-21(12-10-20)17-8-7-16(14-19-15(3)4)13-18(17)22-6-2/h7-8,13,15,19H,5-6,9-12,14H2,1-4H3. The Hall–Kier alpha value is -1.26. The first-order valence-corrected chi connectivity index (χ1v) is 8.60. The fourth-order valence-electron chi connectivity index (χ4n) is 2.83. The van der Waals surface area contributed by atoms with Crippen molar-refractivity contribution in [3.05, 3.63) is 23.8 Å². The minimum atomic E-state index is 0.498. The molecule has 1 saturated heterocycles. The second-order valence-electron chi connectivity index (χ2n) is 6.19. The van der Waals surface area contributed by atoms with Gasteiger partial charge in [-0.1, -0.05) is 26.8 Å². The predicted octanol–water partition coefficient (Wildman–Crippen LogP) is 2.73. The summed E-state index contributed by atoms with van der Waals surface area (Å²) in [5.74, 6) is 1.02. The molecule has 0 spiro atoms. The van der Waals surface area contributed by atoms with Crippen LogP contribution in [0.5, 0.6) is 5.75 Å². The van der Waals surface area contributed by atoms with Crippen molar-refractivity contribution in [3.8, 4) is 5.75 Å². The number of piperazine rings is 1. The Morgan fingerprint density at radius 1 is 1.14 bits per heavy atom. The van der Waals surface area contributed by atoms with E-state index in [1.54, 1.807) is 0 Å². The molecule has 1 aliphatic rings. The van der Waals surface area contributed by atoms with Gasteiger partial charge in [-0.15, -0.1) is 0 Å². The number of hydrogen-bond donors (Lipinski definition) is 1. The smallest absolute Gasteiger partial charge is 0.142 e. The second-order valence-corrected chi connectivity index (χ2v) is 6.19. The maximum atomic E-state index is 5.91. The van der Waals surface area contributed by atoms with E-state index in [0.717, 1.165) is 45.0 Å². The van der Waals surface area contributed by atoms with Crippen molar-refractivity contribution < 1.29 is 4.74 Å². The third-order valence-corrected chi connectivity index (χ3v) is 4.20. The summed E-state index contributed by atoms with van der Waals surface area (Å²) in [6, 6.07) is 7.14. The largest absolute Gasteiger partial charge is 0.492 e. The molecule has 1 N–H and O–H groups in total. The first kappa shape index (κ1) is 17.1. The molecule has 0 aliphatic carbocycles. The molecular formula is C18H31N3O. The van der Waals surface area contributed by atoms with Gasteiger partial charge in [0.1, 0.15) is 5.75 Å². The van der Waals surface area contributed by atoms with Crippen LogP contribution in [0, 0.1) is 0 Å². The van der Waals surface area contributed by atoms with Crippen molar-refractivity contribution in [1.82, 2.24) is 10.2 Å². The lowest BCUT2D eigenvalue weighted by atomic mass is 10.1. The molecule has 0 atom stereocenters. The van der Waals surface area contributed by atoms with Crippen molar-refractivity contribution in [3.63, 3.8) is 0 Å². The summed E-state index contributed by atoms with van der Waals surface area (Å²) in [7, 11) is 0. The first-order valence-electron chi connectivity index (χ1n) is 8.60. The molecule has 124 valence electrons. The monoisotopic (exact) mass is 305 g/mol. The zero-order valence-corrected chi connectivity index (χ0v) is 14.6. The van der Waals surface area contributed by atoms with Crippen LogP contribution in [0.2, 0.25) is 0 Å². The van der Waals surface area contributed by atoms with Crippen molar-refractivity contribution >= 4 is 5.69 Å². The summed E-state index contributed by atoms with van der Waals surface area (Å²) >= 11 is 0. The summed E-state index contributed by atoms with van der Waals surface area (Å²) in [6.07, 6.45) is 0. The van der Waals surface area contributed by atoms with E-state index < -0.39 is 0 Å². The number of likely N-dealkylation sites (N-methyl/N-ethyl adjacent to an activating group) is 1. The lowest BCUT2D eigenvalue weighted by Crippen LogP contribution is -2.46. The van der Waals surface area contributed by atoms with Gasteiger partial charge >= 0.3 is 0 Å². The third kappa shape index (κ3) is 4.62. The van der Waals surface area contributed by atoms with Gasteiger partial charge in [-0.05, 0) is 31.2 Å². The molecule has 0 unspecified atom stereocenters. The van der Waals surface area contributed by atoms with Crippen molar-refractivity contribution in [2.45, 2.75) is 40.3 Å². The number of anilines is 1. The number of hydrogen-bond acceptors (Lipinski definition) is 4. The molecule has 0 aromatic heterocycles. The van der Waals surface area contributed by atoms with E-state index in [9.17, 15) is 0 Å². The highest BCUT2D eigenvalue weighted by atomic mass is 16.5. The maximum absolute atomic E-state index is 5.91. The van der Waals surface area contributed by atoms with Crippen LogP contribution >= 0.6 is 0 Å². The molecule has 4 nitrogen and oxygen atoms in total. The minimum Gasteiger partial charge on any atom is -0.492 e. The Kier molecular flexibility index (Phi) is 6.52. The highest BCUT2D eigenvalue weighted by Crippen LogP contribution is 2.30. The molecule has 22 heavy (non-hydrogen) atoms. The summed E-state index contributed by atoms with van der Waals surface area (Å²) in [5.41, 5.74) is 2.53. The molecular weight excluding hydrogens is 274 g/mol. The minimum absolute atomic E-state index is 0.498. The van der Waals surface area contributed by atoms with Crippen LogP contribution in [-0.4, -0.2) is 50.3 Å². The van der Waals surface area contributed by atoms with Gasteiger partial charge in [-0.2, -0.15) is 0 Å². The van der Waals surface area contributed by atoms with Crippen LogP contribution < -0.4 is 15.0 Å². The van der Waals surface area contributed by atoms with Crippen molar-refractivity contribution in [2.75, 3.05) is 44.2 Å². The Bertz CT molecular complexity index is 454. The van der Waals surface area contributed by atoms with Gasteiger partial charge in [0.2, 0.25) is 0 Å². The van der Waals surface area contributed by atoms with E-state index in [0.29, 0.717) is 12.6 Å². The molecule has 4 heteroatoms. The Morgan fingerprint density at radius 2 is 1.86 bits per heavy atom. The Labute approximate surface area is 135 Å². The van der Waals surface area contributed by atoms with E-state index in [-0.39, 0.29) is 0 Å². The van der Waals surface area contributed by atoms with Crippen LogP contribution in [0.25, 0.3) is 0 Å². The maximum Gasteiger partial charge on any atom is 0.142 e. The van der Waals surface area contributed by atoms with Crippen molar-refractivity contribution in [1.29, 1.82) is 0 Å². The third-order valence-electron chi connectivity index (χ3n) is 4.20. The van der Waals surface area contributed by atoms with Gasteiger partial charge in [-0.3, -0.25) is 0 Å². The normalized spacial score (nSPS) is 16.3. The van der Waals surface area contributed by atoms with Crippen LogP contribution in [0.15, 0.2) is 18.2 Å². The summed E-state index contributed by atoms with van der Waals surface area (Å²) in [5, 5.41) is 3.47. The van der Waals surface area contributed by atoms with Gasteiger partial charge < -0.3 is 19.9 Å². The van der Waals surface area contributed by atoms with E-state index >= 15 is 0 Å². The molecule has 1 aromatic rings. The molecule has 1 fully saturated rings. The van der Waals surface area contributed by atoms with E-state index in [1.807, 2.05) is 0 Å². The number of nitrogens with one attached hydrogen (secondary N) is 1. The fourth-order valence-corrected chi connectivity index (χ4v) is 2.83. The highest BCUT2D eigenvalue weighted by molar-refractivity contribution is 5.60. The summed E-state index contributed by atoms with van der Waals surface area (Å²) in [4.78, 5) is 4.95. The van der Waals surface area contributed by atoms with Gasteiger partial charge in [0.05, 0.1) is 12.3 Å². The van der Waals surface area contributed by atoms with E-state index in [4.69, 9.17) is 4.74 Å². The van der Waals surface area contributed by atoms with Gasteiger partial charge in [0.15, 0.2) is 0 Å². The molecule has 1 aliphatic heterocycles. The zero-order valence-electron chi connectivity index (χ0n) is 14.6. The molecule has 0 saturated carbocycles. The SMILES string of the molecule is CCOc1cc(CNC(C)C)ccc1N1CCN(CC)CC1. The summed E-state index contributed by atoms with van der Waals surface area (Å²) < 4.78 is 5.91. The van der Waals surface area contributed by atoms with Gasteiger partial charge in [-0.25, -0.2) is 0 Å². The number of ether oxygens (including phenoxy) is 1. The van der Waals surface area contributed by atoms with E-state index in [2.05, 4.69) is 61.0 Å². The highest BCUT2D eigenvalue weighted by Gasteiger charge is 2.19. The lowest BCUT2D eigenvalue weighted by molar-refractivity contribution is 0.269. The van der Waals surface area contributed by atoms with Crippen molar-refractivity contribution in [2.24, 2.45) is 0 Å². The van der Waals surface area contributed by atoms with Gasteiger partial charge in [0.25, 0.3) is 0 Å². The van der Waals surface area contributed by atoms with Crippen LogP contribution in [-0.2, 0) is 6.54 Å². The number of benzene rings is 1. The Balaban J connectivity index is 2.09. The topological polar surface area (TPSA) is 27.7 Å². The van der Waals surface area contributed by atoms with Crippen LogP contribution in [0.4, 0.5) is 5.69 Å². The molecule has 0 amide bonds. The lowest BCUT2D eigenvalue weighted by Gasteiger charge is -2.36. The molecule has 2 rings (SSSR count). The van der Waals surface area contributed by atoms with Crippen LogP contribution in [0.1, 0.15) is 33.3 Å². The van der Waals surface area contributed by atoms with Crippen LogP contribution in [0.3, 0.4) is 0 Å². The molecule has 1 heterocycles. The summed E-state index contributed by atoms with van der Waals surface area (Å²) in [6.45, 7) is 15.8. The van der Waals surface area contributed by atoms with Gasteiger partial charge in [0, 0.05) is 38.8 Å². The second kappa shape index (κ2) is 8.39.